The zero-order chi connectivity index (χ0) is 9.97. The lowest BCUT2D eigenvalue weighted by atomic mass is 10.1. The molecule has 0 spiro atoms. The van der Waals surface area contributed by atoms with Crippen molar-refractivity contribution >= 4 is 5.91 Å². The molecule has 1 aromatic rings. The molecule has 0 aliphatic heterocycles. The Hall–Kier alpha value is -1.82. The number of nitrogens with one attached hydrogen (secondary N) is 1. The number of nitrogens with zero attached hydrogens (tertiary/aromatic N) is 1. The summed E-state index contributed by atoms with van der Waals surface area (Å²) in [5, 5.41) is 11.5. The molecular formula is C11H10N2O. The highest BCUT2D eigenvalue weighted by Gasteiger charge is 2.23. The number of carbonyl (C=O) groups is 1. The molecule has 3 heteroatoms. The van der Waals surface area contributed by atoms with Gasteiger partial charge in [0.1, 0.15) is 0 Å². The maximum absolute atomic E-state index is 11.5. The maximum Gasteiger partial charge on any atom is 0.251 e. The molecule has 0 bridgehead atoms. The standard InChI is InChI=1S/C11H10N2O/c12-7-8-2-1-3-9(6-8)11(14)13-10-4-5-10/h1-3,6,10H,4-5H2,(H,13,14). The van der Waals surface area contributed by atoms with Crippen LogP contribution in [0.5, 0.6) is 0 Å². The topological polar surface area (TPSA) is 52.9 Å². The number of hydrogen-bond donors (Lipinski definition) is 1. The normalized spacial score (nSPS) is 14.5. The van der Waals surface area contributed by atoms with E-state index >= 15 is 0 Å². The van der Waals surface area contributed by atoms with E-state index < -0.39 is 0 Å². The second-order valence-corrected chi connectivity index (χ2v) is 3.44. The van der Waals surface area contributed by atoms with E-state index in [0.717, 1.165) is 12.8 Å². The molecule has 0 heterocycles. The van der Waals surface area contributed by atoms with Gasteiger partial charge >= 0.3 is 0 Å². The molecule has 2 rings (SSSR count). The van der Waals surface area contributed by atoms with Crippen LogP contribution in [0.3, 0.4) is 0 Å². The molecule has 14 heavy (non-hydrogen) atoms. The third kappa shape index (κ3) is 1.91. The van der Waals surface area contributed by atoms with Crippen molar-refractivity contribution in [1.29, 1.82) is 5.26 Å². The average Bonchev–Trinajstić information content (AvgIpc) is 3.02. The lowest BCUT2D eigenvalue weighted by Gasteiger charge is -2.02. The Labute approximate surface area is 82.4 Å². The van der Waals surface area contributed by atoms with E-state index in [1.165, 1.54) is 0 Å². The predicted octanol–water partition coefficient (Wildman–Crippen LogP) is 1.45. The first-order chi connectivity index (χ1) is 6.79. The lowest BCUT2D eigenvalue weighted by molar-refractivity contribution is 0.0951. The molecule has 1 aromatic carbocycles. The molecule has 0 radical (unpaired) electrons. The van der Waals surface area contributed by atoms with E-state index in [4.69, 9.17) is 5.26 Å². The van der Waals surface area contributed by atoms with Gasteiger partial charge in [-0.1, -0.05) is 6.07 Å². The van der Waals surface area contributed by atoms with Crippen LogP contribution < -0.4 is 5.32 Å². The smallest absolute Gasteiger partial charge is 0.251 e. The Bertz CT molecular complexity index is 402. The Balaban J connectivity index is 2.14. The predicted molar refractivity (Wildman–Crippen MR) is 51.6 cm³/mol. The second-order valence-electron chi connectivity index (χ2n) is 3.44. The van der Waals surface area contributed by atoms with Gasteiger partial charge in [0, 0.05) is 11.6 Å². The van der Waals surface area contributed by atoms with Crippen LogP contribution in [-0.2, 0) is 0 Å². The van der Waals surface area contributed by atoms with Crippen molar-refractivity contribution in [2.45, 2.75) is 18.9 Å². The Kier molecular flexibility index (Phi) is 2.19. The summed E-state index contributed by atoms with van der Waals surface area (Å²) in [6.07, 6.45) is 2.15. The minimum atomic E-state index is -0.0791. The van der Waals surface area contributed by atoms with Gasteiger partial charge in [-0.25, -0.2) is 0 Å². The van der Waals surface area contributed by atoms with Crippen molar-refractivity contribution in [2.75, 3.05) is 0 Å². The van der Waals surface area contributed by atoms with E-state index in [1.54, 1.807) is 24.3 Å². The SMILES string of the molecule is N#Cc1cccc(C(=O)NC2CC2)c1. The second kappa shape index (κ2) is 3.51. The lowest BCUT2D eigenvalue weighted by Crippen LogP contribution is -2.25. The zero-order valence-corrected chi connectivity index (χ0v) is 7.66. The Morgan fingerprint density at radius 1 is 1.50 bits per heavy atom. The van der Waals surface area contributed by atoms with Crippen LogP contribution in [0.25, 0.3) is 0 Å². The van der Waals surface area contributed by atoms with Crippen LogP contribution in [0, 0.1) is 11.3 Å². The van der Waals surface area contributed by atoms with Crippen LogP contribution in [0.2, 0.25) is 0 Å². The molecule has 1 amide bonds. The first-order valence-corrected chi connectivity index (χ1v) is 4.60. The Morgan fingerprint density at radius 2 is 2.29 bits per heavy atom. The van der Waals surface area contributed by atoms with E-state index in [2.05, 4.69) is 5.32 Å². The molecule has 3 nitrogen and oxygen atoms in total. The first-order valence-electron chi connectivity index (χ1n) is 4.60. The van der Waals surface area contributed by atoms with Gasteiger partial charge in [0.2, 0.25) is 0 Å². The summed E-state index contributed by atoms with van der Waals surface area (Å²) in [4.78, 5) is 11.5. The van der Waals surface area contributed by atoms with Crippen molar-refractivity contribution in [3.8, 4) is 6.07 Å². The number of benzene rings is 1. The third-order valence-electron chi connectivity index (χ3n) is 2.17. The highest BCUT2D eigenvalue weighted by molar-refractivity contribution is 5.94. The molecule has 0 aromatic heterocycles. The van der Waals surface area contributed by atoms with Crippen LogP contribution in [0.15, 0.2) is 24.3 Å². The van der Waals surface area contributed by atoms with Gasteiger partial charge in [-0.05, 0) is 31.0 Å². The van der Waals surface area contributed by atoms with Crippen molar-refractivity contribution in [3.05, 3.63) is 35.4 Å². The first kappa shape index (κ1) is 8.76. The number of rotatable bonds is 2. The minimum Gasteiger partial charge on any atom is -0.349 e. The monoisotopic (exact) mass is 186 g/mol. The van der Waals surface area contributed by atoms with Crippen molar-refractivity contribution in [2.24, 2.45) is 0 Å². The van der Waals surface area contributed by atoms with E-state index in [9.17, 15) is 4.79 Å². The summed E-state index contributed by atoms with van der Waals surface area (Å²) in [6.45, 7) is 0. The van der Waals surface area contributed by atoms with E-state index in [1.807, 2.05) is 6.07 Å². The summed E-state index contributed by atoms with van der Waals surface area (Å²) in [6, 6.07) is 9.11. The molecule has 1 aliphatic rings. The van der Waals surface area contributed by atoms with Crippen molar-refractivity contribution < 1.29 is 4.79 Å². The zero-order valence-electron chi connectivity index (χ0n) is 7.66. The van der Waals surface area contributed by atoms with Gasteiger partial charge in [-0.2, -0.15) is 5.26 Å². The summed E-state index contributed by atoms with van der Waals surface area (Å²) < 4.78 is 0. The maximum atomic E-state index is 11.5. The molecule has 0 saturated heterocycles. The van der Waals surface area contributed by atoms with Gasteiger partial charge in [-0.3, -0.25) is 4.79 Å². The molecule has 1 saturated carbocycles. The van der Waals surface area contributed by atoms with Crippen molar-refractivity contribution in [3.63, 3.8) is 0 Å². The molecule has 1 aliphatic carbocycles. The number of nitriles is 1. The molecule has 0 atom stereocenters. The fourth-order valence-corrected chi connectivity index (χ4v) is 1.23. The summed E-state index contributed by atoms with van der Waals surface area (Å²) in [5.41, 5.74) is 1.09. The van der Waals surface area contributed by atoms with Crippen LogP contribution >= 0.6 is 0 Å². The van der Waals surface area contributed by atoms with Gasteiger partial charge in [0.15, 0.2) is 0 Å². The summed E-state index contributed by atoms with van der Waals surface area (Å²) in [7, 11) is 0. The fraction of sp³-hybridized carbons (Fsp3) is 0.273. The van der Waals surface area contributed by atoms with Gasteiger partial charge in [0.25, 0.3) is 5.91 Å². The number of carbonyl (C=O) groups excluding carboxylic acids is 1. The average molecular weight is 186 g/mol. The third-order valence-corrected chi connectivity index (χ3v) is 2.17. The fourth-order valence-electron chi connectivity index (χ4n) is 1.23. The highest BCUT2D eigenvalue weighted by Crippen LogP contribution is 2.19. The Morgan fingerprint density at radius 3 is 2.93 bits per heavy atom. The van der Waals surface area contributed by atoms with Crippen molar-refractivity contribution in [1.82, 2.24) is 5.32 Å². The van der Waals surface area contributed by atoms with Gasteiger partial charge in [0.05, 0.1) is 11.6 Å². The summed E-state index contributed by atoms with van der Waals surface area (Å²) in [5.74, 6) is -0.0791. The van der Waals surface area contributed by atoms with Crippen LogP contribution in [0.1, 0.15) is 28.8 Å². The molecule has 70 valence electrons. The summed E-state index contributed by atoms with van der Waals surface area (Å²) >= 11 is 0. The van der Waals surface area contributed by atoms with Gasteiger partial charge in [-0.15, -0.1) is 0 Å². The van der Waals surface area contributed by atoms with Crippen LogP contribution in [0.4, 0.5) is 0 Å². The highest BCUT2D eigenvalue weighted by atomic mass is 16.1. The van der Waals surface area contributed by atoms with E-state index in [-0.39, 0.29) is 5.91 Å². The molecule has 0 unspecified atom stereocenters. The molecular weight excluding hydrogens is 176 g/mol. The quantitative estimate of drug-likeness (QED) is 0.760. The largest absolute Gasteiger partial charge is 0.349 e. The number of hydrogen-bond acceptors (Lipinski definition) is 2. The minimum absolute atomic E-state index is 0.0791. The number of amides is 1. The van der Waals surface area contributed by atoms with Gasteiger partial charge < -0.3 is 5.32 Å². The van der Waals surface area contributed by atoms with Crippen LogP contribution in [-0.4, -0.2) is 11.9 Å². The molecule has 1 fully saturated rings. The van der Waals surface area contributed by atoms with E-state index in [0.29, 0.717) is 17.2 Å². The molecule has 1 N–H and O–H groups in total.